The minimum atomic E-state index is -0.278. The molecule has 0 bridgehead atoms. The lowest BCUT2D eigenvalue weighted by Gasteiger charge is -2.27. The molecule has 0 saturated heterocycles. The van der Waals surface area contributed by atoms with Gasteiger partial charge < -0.3 is 9.47 Å². The van der Waals surface area contributed by atoms with E-state index in [2.05, 4.69) is 0 Å². The summed E-state index contributed by atoms with van der Waals surface area (Å²) in [5, 5.41) is 0. The van der Waals surface area contributed by atoms with E-state index in [4.69, 9.17) is 9.47 Å². The molecular formula is C28H38N2O8. The van der Waals surface area contributed by atoms with Crippen LogP contribution in [0.2, 0.25) is 0 Å². The van der Waals surface area contributed by atoms with Crippen molar-refractivity contribution < 1.29 is 38.2 Å². The molecule has 1 saturated carbocycles. The van der Waals surface area contributed by atoms with Crippen molar-refractivity contribution in [1.82, 2.24) is 9.80 Å². The van der Waals surface area contributed by atoms with E-state index >= 15 is 0 Å². The molecule has 0 unspecified atom stereocenters. The van der Waals surface area contributed by atoms with E-state index in [1.54, 1.807) is 0 Å². The van der Waals surface area contributed by atoms with Crippen molar-refractivity contribution in [1.29, 1.82) is 0 Å². The molecule has 0 aromatic heterocycles. The van der Waals surface area contributed by atoms with Gasteiger partial charge in [0.05, 0.1) is 13.2 Å². The number of unbranched alkanes of at least 4 members (excludes halogenated alkanes) is 4. The standard InChI is InChI=1S/C28H38N2O8/c31-23-13-14-24(32)29(23)17-5-1-3-7-27(35)37-19-21-9-11-22(12-10-21)20-38-28(36)8-4-2-6-18-30-25(33)15-16-26(30)34/h13-16,21-22H,1-12,17-20H2. The number of carbonyl (C=O) groups is 6. The van der Waals surface area contributed by atoms with E-state index in [1.807, 2.05) is 0 Å². The third kappa shape index (κ3) is 9.54. The predicted octanol–water partition coefficient (Wildman–Crippen LogP) is 2.85. The number of amides is 4. The first-order valence-electron chi connectivity index (χ1n) is 13.7. The largest absolute Gasteiger partial charge is 0.465 e. The average molecular weight is 531 g/mol. The van der Waals surface area contributed by atoms with Crippen molar-refractivity contribution in [2.24, 2.45) is 11.8 Å². The van der Waals surface area contributed by atoms with Crippen LogP contribution in [-0.4, -0.2) is 71.7 Å². The molecule has 0 radical (unpaired) electrons. The summed E-state index contributed by atoms with van der Waals surface area (Å²) in [6.45, 7) is 1.58. The van der Waals surface area contributed by atoms with E-state index in [0.29, 0.717) is 76.7 Å². The molecule has 0 aromatic carbocycles. The van der Waals surface area contributed by atoms with Gasteiger partial charge in [0, 0.05) is 50.2 Å². The van der Waals surface area contributed by atoms with E-state index < -0.39 is 0 Å². The lowest BCUT2D eigenvalue weighted by atomic mass is 9.83. The molecule has 3 rings (SSSR count). The van der Waals surface area contributed by atoms with Crippen LogP contribution in [0.1, 0.15) is 77.0 Å². The highest BCUT2D eigenvalue weighted by atomic mass is 16.5. The lowest BCUT2D eigenvalue weighted by molar-refractivity contribution is -0.147. The van der Waals surface area contributed by atoms with Gasteiger partial charge in [-0.05, 0) is 63.2 Å². The summed E-state index contributed by atoms with van der Waals surface area (Å²) < 4.78 is 10.9. The molecular weight excluding hydrogens is 492 g/mol. The maximum atomic E-state index is 12.0. The van der Waals surface area contributed by atoms with Gasteiger partial charge in [-0.15, -0.1) is 0 Å². The Labute approximate surface area is 223 Å². The normalized spacial score (nSPS) is 21.1. The van der Waals surface area contributed by atoms with Crippen LogP contribution in [-0.2, 0) is 38.2 Å². The molecule has 0 N–H and O–H groups in total. The molecule has 0 aromatic rings. The molecule has 10 nitrogen and oxygen atoms in total. The van der Waals surface area contributed by atoms with Crippen LogP contribution < -0.4 is 0 Å². The Morgan fingerprint density at radius 2 is 0.921 bits per heavy atom. The molecule has 0 atom stereocenters. The topological polar surface area (TPSA) is 127 Å². The fraction of sp³-hybridized carbons (Fsp3) is 0.643. The van der Waals surface area contributed by atoms with Gasteiger partial charge in [-0.25, -0.2) is 0 Å². The summed E-state index contributed by atoms with van der Waals surface area (Å²) in [6, 6.07) is 0. The van der Waals surface area contributed by atoms with Gasteiger partial charge in [0.2, 0.25) is 0 Å². The Morgan fingerprint density at radius 1 is 0.579 bits per heavy atom. The molecule has 208 valence electrons. The van der Waals surface area contributed by atoms with Crippen LogP contribution in [0, 0.1) is 11.8 Å². The third-order valence-corrected chi connectivity index (χ3v) is 7.25. The monoisotopic (exact) mass is 530 g/mol. The summed E-state index contributed by atoms with van der Waals surface area (Å²) in [6.07, 6.45) is 13.6. The van der Waals surface area contributed by atoms with E-state index in [0.717, 1.165) is 38.5 Å². The zero-order valence-electron chi connectivity index (χ0n) is 21.9. The average Bonchev–Trinajstić information content (AvgIpc) is 3.41. The molecule has 2 heterocycles. The van der Waals surface area contributed by atoms with Gasteiger partial charge in [0.15, 0.2) is 0 Å². The summed E-state index contributed by atoms with van der Waals surface area (Å²) >= 11 is 0. The molecule has 4 amide bonds. The van der Waals surface area contributed by atoms with Gasteiger partial charge >= 0.3 is 11.9 Å². The number of nitrogens with zero attached hydrogens (tertiary/aromatic N) is 2. The number of ether oxygens (including phenoxy) is 2. The first kappa shape index (κ1) is 29.3. The zero-order chi connectivity index (χ0) is 27.3. The summed E-state index contributed by atoms with van der Waals surface area (Å²) in [4.78, 5) is 72.4. The fourth-order valence-electron chi connectivity index (χ4n) is 4.87. The zero-order valence-corrected chi connectivity index (χ0v) is 21.9. The van der Waals surface area contributed by atoms with Crippen LogP contribution in [0.15, 0.2) is 24.3 Å². The Bertz CT molecular complexity index is 837. The maximum Gasteiger partial charge on any atom is 0.305 e. The number of esters is 2. The highest BCUT2D eigenvalue weighted by Crippen LogP contribution is 2.29. The quantitative estimate of drug-likeness (QED) is 0.169. The number of imide groups is 2. The van der Waals surface area contributed by atoms with Gasteiger partial charge in [0.1, 0.15) is 0 Å². The number of hydrogen-bond acceptors (Lipinski definition) is 8. The molecule has 10 heteroatoms. The molecule has 1 fully saturated rings. The number of carbonyl (C=O) groups excluding carboxylic acids is 6. The van der Waals surface area contributed by atoms with Crippen molar-refractivity contribution in [2.75, 3.05) is 26.3 Å². The fourth-order valence-corrected chi connectivity index (χ4v) is 4.87. The molecule has 3 aliphatic rings. The number of rotatable bonds is 16. The predicted molar refractivity (Wildman–Crippen MR) is 136 cm³/mol. The second-order valence-electron chi connectivity index (χ2n) is 10.2. The minimum Gasteiger partial charge on any atom is -0.465 e. The van der Waals surface area contributed by atoms with Gasteiger partial charge in [-0.2, -0.15) is 0 Å². The minimum absolute atomic E-state index is 0.216. The molecule has 38 heavy (non-hydrogen) atoms. The summed E-state index contributed by atoms with van der Waals surface area (Å²) in [7, 11) is 0. The van der Waals surface area contributed by atoms with Crippen molar-refractivity contribution >= 4 is 35.6 Å². The summed E-state index contributed by atoms with van der Waals surface area (Å²) in [5.74, 6) is -0.886. The van der Waals surface area contributed by atoms with Crippen LogP contribution in [0.5, 0.6) is 0 Å². The Balaban J connectivity index is 1.13. The van der Waals surface area contributed by atoms with Crippen molar-refractivity contribution in [3.63, 3.8) is 0 Å². The van der Waals surface area contributed by atoms with Crippen molar-refractivity contribution in [2.45, 2.75) is 77.0 Å². The van der Waals surface area contributed by atoms with E-state index in [9.17, 15) is 28.8 Å². The highest BCUT2D eigenvalue weighted by Gasteiger charge is 2.25. The second-order valence-corrected chi connectivity index (χ2v) is 10.2. The highest BCUT2D eigenvalue weighted by molar-refractivity contribution is 6.13. The Kier molecular flexibility index (Phi) is 11.7. The van der Waals surface area contributed by atoms with Crippen molar-refractivity contribution in [3.05, 3.63) is 24.3 Å². The van der Waals surface area contributed by atoms with Gasteiger partial charge in [-0.1, -0.05) is 12.8 Å². The lowest BCUT2D eigenvalue weighted by Crippen LogP contribution is -2.30. The van der Waals surface area contributed by atoms with Gasteiger partial charge in [0.25, 0.3) is 23.6 Å². The van der Waals surface area contributed by atoms with E-state index in [-0.39, 0.29) is 35.6 Å². The van der Waals surface area contributed by atoms with Crippen molar-refractivity contribution in [3.8, 4) is 0 Å². The van der Waals surface area contributed by atoms with Gasteiger partial charge in [-0.3, -0.25) is 38.6 Å². The van der Waals surface area contributed by atoms with E-state index in [1.165, 1.54) is 34.1 Å². The molecule has 2 aliphatic heterocycles. The molecule has 1 aliphatic carbocycles. The van der Waals surface area contributed by atoms with Crippen LogP contribution in [0.4, 0.5) is 0 Å². The Morgan fingerprint density at radius 3 is 1.26 bits per heavy atom. The van der Waals surface area contributed by atoms with Crippen LogP contribution >= 0.6 is 0 Å². The maximum absolute atomic E-state index is 12.0. The SMILES string of the molecule is O=C(CCCCCN1C(=O)C=CC1=O)OCC1CCC(COC(=O)CCCCCN2C(=O)C=CC2=O)CC1. The first-order valence-corrected chi connectivity index (χ1v) is 13.7. The summed E-state index contributed by atoms with van der Waals surface area (Å²) in [5.41, 5.74) is 0. The second kappa shape index (κ2) is 15.2. The number of hydrogen-bond donors (Lipinski definition) is 0. The first-order chi connectivity index (χ1) is 18.3. The smallest absolute Gasteiger partial charge is 0.305 e. The third-order valence-electron chi connectivity index (χ3n) is 7.25. The Hall–Kier alpha value is -3.30. The van der Waals surface area contributed by atoms with Crippen LogP contribution in [0.3, 0.4) is 0 Å². The van der Waals surface area contributed by atoms with Crippen LogP contribution in [0.25, 0.3) is 0 Å². The molecule has 0 spiro atoms.